The molecule has 0 radical (unpaired) electrons. The molecule has 1 aromatic carbocycles. The molecule has 7 heteroatoms. The Morgan fingerprint density at radius 1 is 0.926 bits per heavy atom. The fourth-order valence-electron chi connectivity index (χ4n) is 3.22. The molecule has 27 heavy (non-hydrogen) atoms. The number of aromatic nitrogens is 1. The van der Waals surface area contributed by atoms with E-state index in [1.807, 2.05) is 36.4 Å². The maximum absolute atomic E-state index is 12.8. The quantitative estimate of drug-likeness (QED) is 0.566. The molecule has 1 aliphatic heterocycles. The Morgan fingerprint density at radius 3 is 1.96 bits per heavy atom. The number of carbonyl (C=O) groups is 2. The van der Waals surface area contributed by atoms with Crippen LogP contribution < -0.4 is 15.4 Å². The predicted octanol–water partition coefficient (Wildman–Crippen LogP) is 2.17. The van der Waals surface area contributed by atoms with Gasteiger partial charge in [0, 0.05) is 12.4 Å². The number of pyridine rings is 1. The third kappa shape index (κ3) is 4.31. The third-order valence-electron chi connectivity index (χ3n) is 4.91. The van der Waals surface area contributed by atoms with Crippen LogP contribution in [0, 0.1) is 5.41 Å². The van der Waals surface area contributed by atoms with E-state index in [9.17, 15) is 9.59 Å². The number of ether oxygens (including phenoxy) is 1. The zero-order chi connectivity index (χ0) is 19.3. The van der Waals surface area contributed by atoms with Crippen molar-refractivity contribution in [3.8, 4) is 5.75 Å². The SMILES string of the molecule is COc1ccc(CCC2(CCc3ccncc3)C(=O)NC(=S)NC2=O)cc1. The van der Waals surface area contributed by atoms with Gasteiger partial charge in [-0.3, -0.25) is 14.6 Å². The Morgan fingerprint density at radius 2 is 1.44 bits per heavy atom. The molecule has 1 aliphatic rings. The Hall–Kier alpha value is -2.80. The Labute approximate surface area is 163 Å². The van der Waals surface area contributed by atoms with E-state index < -0.39 is 5.41 Å². The van der Waals surface area contributed by atoms with Gasteiger partial charge in [-0.05, 0) is 73.3 Å². The van der Waals surface area contributed by atoms with E-state index in [4.69, 9.17) is 17.0 Å². The van der Waals surface area contributed by atoms with Gasteiger partial charge in [0.1, 0.15) is 11.2 Å². The summed E-state index contributed by atoms with van der Waals surface area (Å²) in [7, 11) is 1.61. The highest BCUT2D eigenvalue weighted by molar-refractivity contribution is 7.80. The van der Waals surface area contributed by atoms with Crippen LogP contribution in [-0.2, 0) is 22.4 Å². The average Bonchev–Trinajstić information content (AvgIpc) is 2.68. The van der Waals surface area contributed by atoms with Gasteiger partial charge in [0.15, 0.2) is 5.11 Å². The summed E-state index contributed by atoms with van der Waals surface area (Å²) in [6.45, 7) is 0. The summed E-state index contributed by atoms with van der Waals surface area (Å²) in [6, 6.07) is 11.4. The summed E-state index contributed by atoms with van der Waals surface area (Å²) in [5.74, 6) is 0.0993. The number of aryl methyl sites for hydroxylation is 2. The van der Waals surface area contributed by atoms with Crippen molar-refractivity contribution < 1.29 is 14.3 Å². The van der Waals surface area contributed by atoms with Crippen molar-refractivity contribution in [1.29, 1.82) is 0 Å². The Kier molecular flexibility index (Phi) is 5.81. The standard InChI is InChI=1S/C20H21N3O3S/c1-26-16-4-2-14(3-5-16)6-10-20(11-7-15-8-12-21-13-9-15)17(24)22-19(27)23-18(20)25/h2-5,8-9,12-13H,6-7,10-11H2,1H3,(H2,22,23,24,25,27). The number of benzene rings is 1. The summed E-state index contributed by atoms with van der Waals surface area (Å²) >= 11 is 4.96. The van der Waals surface area contributed by atoms with Crippen LogP contribution in [0.3, 0.4) is 0 Å². The first-order chi connectivity index (χ1) is 13.0. The zero-order valence-electron chi connectivity index (χ0n) is 15.0. The van der Waals surface area contributed by atoms with E-state index in [1.54, 1.807) is 19.5 Å². The van der Waals surface area contributed by atoms with Gasteiger partial charge in [-0.1, -0.05) is 12.1 Å². The van der Waals surface area contributed by atoms with Gasteiger partial charge in [-0.2, -0.15) is 0 Å². The lowest BCUT2D eigenvalue weighted by Gasteiger charge is -2.35. The largest absolute Gasteiger partial charge is 0.497 e. The second-order valence-corrected chi connectivity index (χ2v) is 6.93. The molecule has 140 valence electrons. The van der Waals surface area contributed by atoms with Gasteiger partial charge >= 0.3 is 0 Å². The van der Waals surface area contributed by atoms with E-state index in [-0.39, 0.29) is 16.9 Å². The first kappa shape index (κ1) is 19.0. The predicted molar refractivity (Wildman–Crippen MR) is 105 cm³/mol. The molecular formula is C20H21N3O3S. The lowest BCUT2D eigenvalue weighted by Crippen LogP contribution is -2.62. The molecule has 0 spiro atoms. The van der Waals surface area contributed by atoms with Gasteiger partial charge < -0.3 is 15.4 Å². The van der Waals surface area contributed by atoms with Gasteiger partial charge in [-0.15, -0.1) is 0 Å². The molecule has 0 bridgehead atoms. The number of hydrogen-bond acceptors (Lipinski definition) is 5. The fourth-order valence-corrected chi connectivity index (χ4v) is 3.40. The molecule has 2 N–H and O–H groups in total. The van der Waals surface area contributed by atoms with Crippen LogP contribution >= 0.6 is 12.2 Å². The smallest absolute Gasteiger partial charge is 0.241 e. The first-order valence-electron chi connectivity index (χ1n) is 8.72. The van der Waals surface area contributed by atoms with Crippen LogP contribution in [0.2, 0.25) is 0 Å². The summed E-state index contributed by atoms with van der Waals surface area (Å²) in [5, 5.41) is 5.30. The molecule has 1 saturated heterocycles. The molecular weight excluding hydrogens is 362 g/mol. The average molecular weight is 383 g/mol. The highest BCUT2D eigenvalue weighted by Gasteiger charge is 2.48. The Balaban J connectivity index is 1.79. The minimum absolute atomic E-state index is 0.0639. The second-order valence-electron chi connectivity index (χ2n) is 6.52. The minimum Gasteiger partial charge on any atom is -0.497 e. The number of hydrogen-bond donors (Lipinski definition) is 2. The van der Waals surface area contributed by atoms with E-state index in [0.717, 1.165) is 16.9 Å². The van der Waals surface area contributed by atoms with Crippen LogP contribution in [0.1, 0.15) is 24.0 Å². The van der Waals surface area contributed by atoms with Crippen LogP contribution in [0.4, 0.5) is 0 Å². The number of nitrogens with zero attached hydrogens (tertiary/aromatic N) is 1. The summed E-state index contributed by atoms with van der Waals surface area (Å²) < 4.78 is 5.17. The molecule has 2 heterocycles. The molecule has 0 saturated carbocycles. The van der Waals surface area contributed by atoms with E-state index in [2.05, 4.69) is 15.6 Å². The normalized spacial score (nSPS) is 15.8. The molecule has 1 fully saturated rings. The number of amides is 2. The topological polar surface area (TPSA) is 80.3 Å². The van der Waals surface area contributed by atoms with Crippen molar-refractivity contribution in [2.75, 3.05) is 7.11 Å². The monoisotopic (exact) mass is 383 g/mol. The molecule has 2 amide bonds. The lowest BCUT2D eigenvalue weighted by atomic mass is 9.74. The van der Waals surface area contributed by atoms with E-state index in [1.165, 1.54) is 0 Å². The summed E-state index contributed by atoms with van der Waals surface area (Å²) in [6.07, 6.45) is 5.38. The van der Waals surface area contributed by atoms with E-state index >= 15 is 0 Å². The second kappa shape index (κ2) is 8.26. The first-order valence-corrected chi connectivity index (χ1v) is 9.13. The van der Waals surface area contributed by atoms with Crippen molar-refractivity contribution in [3.05, 3.63) is 59.9 Å². The van der Waals surface area contributed by atoms with E-state index in [0.29, 0.717) is 25.7 Å². The summed E-state index contributed by atoms with van der Waals surface area (Å²) in [4.78, 5) is 29.6. The number of methoxy groups -OCH3 is 1. The maximum atomic E-state index is 12.8. The number of nitrogens with one attached hydrogen (secondary N) is 2. The molecule has 0 unspecified atom stereocenters. The van der Waals surface area contributed by atoms with Crippen LogP contribution in [0.25, 0.3) is 0 Å². The van der Waals surface area contributed by atoms with Gasteiger partial charge in [-0.25, -0.2) is 0 Å². The molecule has 2 aromatic rings. The van der Waals surface area contributed by atoms with Crippen LogP contribution in [0.15, 0.2) is 48.8 Å². The zero-order valence-corrected chi connectivity index (χ0v) is 15.8. The van der Waals surface area contributed by atoms with Gasteiger partial charge in [0.05, 0.1) is 7.11 Å². The van der Waals surface area contributed by atoms with Crippen molar-refractivity contribution in [1.82, 2.24) is 15.6 Å². The van der Waals surface area contributed by atoms with Crippen molar-refractivity contribution >= 4 is 29.1 Å². The lowest BCUT2D eigenvalue weighted by molar-refractivity contribution is -0.144. The Bertz CT molecular complexity index is 817. The molecule has 0 atom stereocenters. The molecule has 3 rings (SSSR count). The number of rotatable bonds is 7. The van der Waals surface area contributed by atoms with Gasteiger partial charge in [0.2, 0.25) is 11.8 Å². The number of carbonyl (C=O) groups excluding carboxylic acids is 2. The van der Waals surface area contributed by atoms with Crippen LogP contribution in [-0.4, -0.2) is 29.0 Å². The van der Waals surface area contributed by atoms with Crippen molar-refractivity contribution in [3.63, 3.8) is 0 Å². The minimum atomic E-state index is -1.16. The van der Waals surface area contributed by atoms with Crippen molar-refractivity contribution in [2.45, 2.75) is 25.7 Å². The van der Waals surface area contributed by atoms with Gasteiger partial charge in [0.25, 0.3) is 0 Å². The fraction of sp³-hybridized carbons (Fsp3) is 0.300. The molecule has 1 aromatic heterocycles. The third-order valence-corrected chi connectivity index (χ3v) is 5.12. The van der Waals surface area contributed by atoms with Crippen molar-refractivity contribution in [2.24, 2.45) is 5.41 Å². The van der Waals surface area contributed by atoms with Crippen LogP contribution in [0.5, 0.6) is 5.75 Å². The summed E-state index contributed by atoms with van der Waals surface area (Å²) in [5.41, 5.74) is 0.904. The highest BCUT2D eigenvalue weighted by atomic mass is 32.1. The maximum Gasteiger partial charge on any atom is 0.241 e. The number of thiocarbonyl (C=S) groups is 1. The molecule has 0 aliphatic carbocycles. The molecule has 6 nitrogen and oxygen atoms in total. The highest BCUT2D eigenvalue weighted by Crippen LogP contribution is 2.33.